The van der Waals surface area contributed by atoms with Crippen molar-refractivity contribution in [2.24, 2.45) is 0 Å². The standard InChI is InChI=1S/C18H28N4O/c1-2-22-14-16(13-19-22)15-5-11-20(12-6-15)17(23)18-7-3-9-21(18)10-4-8-18/h13-15H,2-12H2,1H3. The Balaban J connectivity index is 1.40. The van der Waals surface area contributed by atoms with E-state index in [9.17, 15) is 4.79 Å². The normalized spacial score (nSPS) is 25.0. The third-order valence-corrected chi connectivity index (χ3v) is 6.27. The van der Waals surface area contributed by atoms with Crippen molar-refractivity contribution in [2.45, 2.75) is 63.5 Å². The predicted octanol–water partition coefficient (Wildman–Crippen LogP) is 2.24. The Bertz CT molecular complexity index is 563. The maximum absolute atomic E-state index is 13.2. The number of amides is 1. The van der Waals surface area contributed by atoms with E-state index in [-0.39, 0.29) is 5.54 Å². The molecule has 0 aliphatic carbocycles. The Morgan fingerprint density at radius 2 is 1.91 bits per heavy atom. The molecule has 4 rings (SSSR count). The van der Waals surface area contributed by atoms with Crippen LogP contribution >= 0.6 is 0 Å². The van der Waals surface area contributed by atoms with E-state index in [0.29, 0.717) is 11.8 Å². The number of aromatic nitrogens is 2. The van der Waals surface area contributed by atoms with Crippen LogP contribution in [0.4, 0.5) is 0 Å². The molecular formula is C18H28N4O. The monoisotopic (exact) mass is 316 g/mol. The molecule has 0 spiro atoms. The Kier molecular flexibility index (Phi) is 3.92. The molecule has 0 saturated carbocycles. The number of likely N-dealkylation sites (tertiary alicyclic amines) is 1. The molecule has 0 aromatic carbocycles. The number of rotatable bonds is 3. The SMILES string of the molecule is CCn1cc(C2CCN(C(=O)C34CCCN3CCC4)CC2)cn1. The van der Waals surface area contributed by atoms with Gasteiger partial charge >= 0.3 is 0 Å². The average Bonchev–Trinajstić information content (AvgIpc) is 3.29. The quantitative estimate of drug-likeness (QED) is 0.859. The van der Waals surface area contributed by atoms with Crippen LogP contribution in [0, 0.1) is 0 Å². The van der Waals surface area contributed by atoms with Crippen LogP contribution in [0.5, 0.6) is 0 Å². The topological polar surface area (TPSA) is 41.4 Å². The van der Waals surface area contributed by atoms with Gasteiger partial charge in [-0.25, -0.2) is 0 Å². The van der Waals surface area contributed by atoms with Crippen molar-refractivity contribution >= 4 is 5.91 Å². The minimum absolute atomic E-state index is 0.125. The van der Waals surface area contributed by atoms with E-state index in [4.69, 9.17) is 0 Å². The molecule has 5 heteroatoms. The second kappa shape index (κ2) is 5.93. The molecule has 126 valence electrons. The average molecular weight is 316 g/mol. The minimum Gasteiger partial charge on any atom is -0.341 e. The number of hydrogen-bond donors (Lipinski definition) is 0. The van der Waals surface area contributed by atoms with Crippen LogP contribution in [0.15, 0.2) is 12.4 Å². The molecule has 0 radical (unpaired) electrons. The molecule has 3 fully saturated rings. The highest BCUT2D eigenvalue weighted by atomic mass is 16.2. The Labute approximate surface area is 138 Å². The molecule has 3 aliphatic heterocycles. The van der Waals surface area contributed by atoms with Crippen LogP contribution in [0.1, 0.15) is 56.9 Å². The van der Waals surface area contributed by atoms with E-state index >= 15 is 0 Å². The molecule has 1 amide bonds. The number of carbonyl (C=O) groups is 1. The van der Waals surface area contributed by atoms with Crippen LogP contribution in [0.2, 0.25) is 0 Å². The summed E-state index contributed by atoms with van der Waals surface area (Å²) in [6.07, 6.45) is 10.9. The van der Waals surface area contributed by atoms with Gasteiger partial charge in [-0.15, -0.1) is 0 Å². The molecule has 1 aromatic heterocycles. The molecule has 4 heterocycles. The lowest BCUT2D eigenvalue weighted by molar-refractivity contribution is -0.142. The molecule has 0 N–H and O–H groups in total. The third-order valence-electron chi connectivity index (χ3n) is 6.27. The molecule has 23 heavy (non-hydrogen) atoms. The first-order chi connectivity index (χ1) is 11.2. The summed E-state index contributed by atoms with van der Waals surface area (Å²) in [5, 5.41) is 4.40. The highest BCUT2D eigenvalue weighted by Crippen LogP contribution is 2.41. The Hall–Kier alpha value is -1.36. The number of carbonyl (C=O) groups excluding carboxylic acids is 1. The van der Waals surface area contributed by atoms with Crippen molar-refractivity contribution in [3.63, 3.8) is 0 Å². The van der Waals surface area contributed by atoms with Crippen LogP contribution in [-0.2, 0) is 11.3 Å². The van der Waals surface area contributed by atoms with Crippen molar-refractivity contribution < 1.29 is 4.79 Å². The van der Waals surface area contributed by atoms with Gasteiger partial charge in [-0.3, -0.25) is 14.4 Å². The lowest BCUT2D eigenvalue weighted by Gasteiger charge is -2.39. The lowest BCUT2D eigenvalue weighted by Crippen LogP contribution is -2.55. The van der Waals surface area contributed by atoms with Crippen molar-refractivity contribution in [3.05, 3.63) is 18.0 Å². The molecular weight excluding hydrogens is 288 g/mol. The van der Waals surface area contributed by atoms with E-state index < -0.39 is 0 Å². The van der Waals surface area contributed by atoms with Crippen molar-refractivity contribution in [2.75, 3.05) is 26.2 Å². The second-order valence-electron chi connectivity index (χ2n) is 7.42. The van der Waals surface area contributed by atoms with E-state index in [2.05, 4.69) is 28.0 Å². The van der Waals surface area contributed by atoms with Gasteiger partial charge in [-0.05, 0) is 70.0 Å². The van der Waals surface area contributed by atoms with Crippen LogP contribution in [-0.4, -0.2) is 57.2 Å². The highest BCUT2D eigenvalue weighted by molar-refractivity contribution is 5.87. The van der Waals surface area contributed by atoms with Crippen LogP contribution in [0.25, 0.3) is 0 Å². The van der Waals surface area contributed by atoms with E-state index in [1.807, 2.05) is 10.9 Å². The summed E-state index contributed by atoms with van der Waals surface area (Å²) in [4.78, 5) is 17.8. The number of nitrogens with zero attached hydrogens (tertiary/aromatic N) is 4. The van der Waals surface area contributed by atoms with Crippen molar-refractivity contribution in [3.8, 4) is 0 Å². The number of piperidine rings is 1. The van der Waals surface area contributed by atoms with Gasteiger partial charge in [0.05, 0.1) is 6.20 Å². The summed E-state index contributed by atoms with van der Waals surface area (Å²) in [5.41, 5.74) is 1.22. The van der Waals surface area contributed by atoms with Gasteiger partial charge in [0.1, 0.15) is 5.54 Å². The van der Waals surface area contributed by atoms with Gasteiger partial charge < -0.3 is 4.90 Å². The van der Waals surface area contributed by atoms with Gasteiger partial charge in [0.15, 0.2) is 0 Å². The maximum Gasteiger partial charge on any atom is 0.243 e. The molecule has 3 saturated heterocycles. The summed E-state index contributed by atoms with van der Waals surface area (Å²) in [6, 6.07) is 0. The third kappa shape index (κ3) is 2.49. The van der Waals surface area contributed by atoms with Crippen molar-refractivity contribution in [1.29, 1.82) is 0 Å². The van der Waals surface area contributed by atoms with Crippen molar-refractivity contribution in [1.82, 2.24) is 19.6 Å². The number of hydrogen-bond acceptors (Lipinski definition) is 3. The second-order valence-corrected chi connectivity index (χ2v) is 7.42. The zero-order valence-corrected chi connectivity index (χ0v) is 14.2. The fourth-order valence-corrected chi connectivity index (χ4v) is 4.93. The Morgan fingerprint density at radius 3 is 2.52 bits per heavy atom. The highest BCUT2D eigenvalue weighted by Gasteiger charge is 2.51. The number of fused-ring (bicyclic) bond motifs is 1. The fraction of sp³-hybridized carbons (Fsp3) is 0.778. The summed E-state index contributed by atoms with van der Waals surface area (Å²) in [6.45, 7) is 7.12. The molecule has 0 atom stereocenters. The first-order valence-corrected chi connectivity index (χ1v) is 9.30. The minimum atomic E-state index is -0.125. The van der Waals surface area contributed by atoms with E-state index in [1.54, 1.807) is 0 Å². The zero-order chi connectivity index (χ0) is 15.9. The van der Waals surface area contributed by atoms with Gasteiger partial charge in [-0.2, -0.15) is 5.10 Å². The molecule has 1 aromatic rings. The fourth-order valence-electron chi connectivity index (χ4n) is 4.93. The zero-order valence-electron chi connectivity index (χ0n) is 14.2. The summed E-state index contributed by atoms with van der Waals surface area (Å²) in [7, 11) is 0. The first kappa shape index (κ1) is 15.2. The molecule has 0 bridgehead atoms. The van der Waals surface area contributed by atoms with Gasteiger partial charge in [0.25, 0.3) is 0 Å². The summed E-state index contributed by atoms with van der Waals surface area (Å²) < 4.78 is 2.00. The van der Waals surface area contributed by atoms with Gasteiger partial charge in [0, 0.05) is 25.8 Å². The first-order valence-electron chi connectivity index (χ1n) is 9.30. The molecule has 5 nitrogen and oxygen atoms in total. The van der Waals surface area contributed by atoms with Gasteiger partial charge in [-0.1, -0.05) is 0 Å². The molecule has 3 aliphatic rings. The maximum atomic E-state index is 13.2. The molecule has 0 unspecified atom stereocenters. The smallest absolute Gasteiger partial charge is 0.243 e. The van der Waals surface area contributed by atoms with Gasteiger partial charge in [0.2, 0.25) is 5.91 Å². The predicted molar refractivity (Wildman–Crippen MR) is 89.2 cm³/mol. The number of aryl methyl sites for hydroxylation is 1. The van der Waals surface area contributed by atoms with E-state index in [0.717, 1.165) is 58.4 Å². The van der Waals surface area contributed by atoms with Crippen LogP contribution < -0.4 is 0 Å². The summed E-state index contributed by atoms with van der Waals surface area (Å²) in [5.74, 6) is 0.996. The lowest BCUT2D eigenvalue weighted by atomic mass is 9.88. The van der Waals surface area contributed by atoms with Crippen LogP contribution in [0.3, 0.4) is 0 Å². The Morgan fingerprint density at radius 1 is 1.22 bits per heavy atom. The summed E-state index contributed by atoms with van der Waals surface area (Å²) >= 11 is 0. The largest absolute Gasteiger partial charge is 0.341 e. The van der Waals surface area contributed by atoms with E-state index in [1.165, 1.54) is 18.4 Å².